The van der Waals surface area contributed by atoms with Crippen molar-refractivity contribution in [2.45, 2.75) is 19.8 Å². The van der Waals surface area contributed by atoms with Gasteiger partial charge in [0.1, 0.15) is 5.82 Å². The highest BCUT2D eigenvalue weighted by atomic mass is 19.1. The van der Waals surface area contributed by atoms with Crippen LogP contribution in [0.15, 0.2) is 18.2 Å². The molecule has 3 N–H and O–H groups in total. The number of hydrogen-bond donors (Lipinski definition) is 3. The lowest BCUT2D eigenvalue weighted by Crippen LogP contribution is -2.47. The molecule has 0 saturated carbocycles. The number of rotatable bonds is 5. The van der Waals surface area contributed by atoms with Crippen molar-refractivity contribution in [3.05, 3.63) is 24.0 Å². The summed E-state index contributed by atoms with van der Waals surface area (Å²) in [5.41, 5.74) is -0.113. The van der Waals surface area contributed by atoms with Crippen molar-refractivity contribution in [2.24, 2.45) is 5.41 Å². The van der Waals surface area contributed by atoms with Crippen molar-refractivity contribution in [1.29, 1.82) is 0 Å². The Balaban J connectivity index is 2.16. The number of methoxy groups -OCH3 is 1. The standard InChI is InChI=1S/C16H22FN3O3/c1-11(21)19-14-9-12(3-4-13(14)17)20-15(22)16(10-23-2)5-7-18-8-6-16/h3-4,9,18H,5-8,10H2,1-2H3,(H,19,21)(H,20,22). The molecule has 1 fully saturated rings. The van der Waals surface area contributed by atoms with Crippen LogP contribution < -0.4 is 16.0 Å². The van der Waals surface area contributed by atoms with Crippen molar-refractivity contribution >= 4 is 23.2 Å². The maximum absolute atomic E-state index is 13.7. The number of benzene rings is 1. The number of amides is 2. The highest BCUT2D eigenvalue weighted by molar-refractivity contribution is 5.96. The number of hydrogen-bond acceptors (Lipinski definition) is 4. The molecule has 0 radical (unpaired) electrons. The van der Waals surface area contributed by atoms with Crippen LogP contribution in [-0.4, -0.2) is 38.6 Å². The fourth-order valence-corrected chi connectivity index (χ4v) is 2.77. The first-order valence-corrected chi connectivity index (χ1v) is 7.55. The number of ether oxygens (including phenoxy) is 1. The average Bonchev–Trinajstić information content (AvgIpc) is 2.51. The summed E-state index contributed by atoms with van der Waals surface area (Å²) in [5.74, 6) is -1.07. The first-order valence-electron chi connectivity index (χ1n) is 7.55. The molecule has 7 heteroatoms. The molecule has 1 saturated heterocycles. The summed E-state index contributed by atoms with van der Waals surface area (Å²) in [6.45, 7) is 3.13. The van der Waals surface area contributed by atoms with Gasteiger partial charge >= 0.3 is 0 Å². The molecule has 6 nitrogen and oxygen atoms in total. The molecular weight excluding hydrogens is 301 g/mol. The topological polar surface area (TPSA) is 79.5 Å². The van der Waals surface area contributed by atoms with Crippen LogP contribution >= 0.6 is 0 Å². The SMILES string of the molecule is COCC1(C(=O)Nc2ccc(F)c(NC(C)=O)c2)CCNCC1. The predicted molar refractivity (Wildman–Crippen MR) is 85.7 cm³/mol. The predicted octanol–water partition coefficient (Wildman–Crippen LogP) is 1.74. The molecule has 1 aromatic carbocycles. The molecule has 2 amide bonds. The molecule has 126 valence electrons. The maximum Gasteiger partial charge on any atom is 0.233 e. The normalized spacial score (nSPS) is 16.7. The van der Waals surface area contributed by atoms with Gasteiger partial charge in [-0.25, -0.2) is 4.39 Å². The van der Waals surface area contributed by atoms with Gasteiger partial charge in [-0.2, -0.15) is 0 Å². The molecule has 0 spiro atoms. The minimum Gasteiger partial charge on any atom is -0.384 e. The van der Waals surface area contributed by atoms with Crippen molar-refractivity contribution in [1.82, 2.24) is 5.32 Å². The van der Waals surface area contributed by atoms with Gasteiger partial charge in [-0.1, -0.05) is 0 Å². The smallest absolute Gasteiger partial charge is 0.233 e. The number of carbonyl (C=O) groups is 2. The average molecular weight is 323 g/mol. The van der Waals surface area contributed by atoms with E-state index in [1.165, 1.54) is 25.1 Å². The minimum absolute atomic E-state index is 0.0430. The summed E-state index contributed by atoms with van der Waals surface area (Å²) in [7, 11) is 1.57. The third-order valence-corrected chi connectivity index (χ3v) is 4.00. The van der Waals surface area contributed by atoms with E-state index in [4.69, 9.17) is 4.74 Å². The summed E-state index contributed by atoms with van der Waals surface area (Å²) >= 11 is 0. The van der Waals surface area contributed by atoms with Crippen molar-refractivity contribution in [2.75, 3.05) is 37.4 Å². The van der Waals surface area contributed by atoms with Gasteiger partial charge in [0.15, 0.2) is 0 Å². The van der Waals surface area contributed by atoms with Gasteiger partial charge in [-0.15, -0.1) is 0 Å². The molecule has 1 aliphatic rings. The fraction of sp³-hybridized carbons (Fsp3) is 0.500. The van der Waals surface area contributed by atoms with Gasteiger partial charge in [0.2, 0.25) is 11.8 Å². The van der Waals surface area contributed by atoms with Gasteiger partial charge in [0.25, 0.3) is 0 Å². The van der Waals surface area contributed by atoms with Crippen LogP contribution in [0.4, 0.5) is 15.8 Å². The number of carbonyl (C=O) groups excluding carboxylic acids is 2. The van der Waals surface area contributed by atoms with E-state index < -0.39 is 11.2 Å². The van der Waals surface area contributed by atoms with Gasteiger partial charge in [0, 0.05) is 19.7 Å². The Morgan fingerprint density at radius 3 is 2.61 bits per heavy atom. The molecular formula is C16H22FN3O3. The van der Waals surface area contributed by atoms with E-state index in [0.717, 1.165) is 13.1 Å². The second-order valence-corrected chi connectivity index (χ2v) is 5.79. The van der Waals surface area contributed by atoms with Crippen LogP contribution in [-0.2, 0) is 14.3 Å². The number of nitrogens with one attached hydrogen (secondary N) is 3. The minimum atomic E-state index is -0.595. The zero-order valence-corrected chi connectivity index (χ0v) is 13.4. The quantitative estimate of drug-likeness (QED) is 0.771. The molecule has 1 aromatic rings. The van der Waals surface area contributed by atoms with Gasteiger partial charge in [-0.05, 0) is 44.1 Å². The van der Waals surface area contributed by atoms with E-state index in [2.05, 4.69) is 16.0 Å². The Kier molecular flexibility index (Phi) is 5.68. The van der Waals surface area contributed by atoms with Crippen LogP contribution in [0.3, 0.4) is 0 Å². The van der Waals surface area contributed by atoms with E-state index in [1.54, 1.807) is 7.11 Å². The molecule has 23 heavy (non-hydrogen) atoms. The molecule has 0 aromatic heterocycles. The van der Waals surface area contributed by atoms with E-state index in [1.807, 2.05) is 0 Å². The summed E-state index contributed by atoms with van der Waals surface area (Å²) in [6, 6.07) is 4.10. The lowest BCUT2D eigenvalue weighted by Gasteiger charge is -2.35. The van der Waals surface area contributed by atoms with Crippen LogP contribution in [0.25, 0.3) is 0 Å². The zero-order valence-electron chi connectivity index (χ0n) is 13.4. The fourth-order valence-electron chi connectivity index (χ4n) is 2.77. The Morgan fingerprint density at radius 1 is 1.30 bits per heavy atom. The van der Waals surface area contributed by atoms with Crippen LogP contribution in [0.5, 0.6) is 0 Å². The summed E-state index contributed by atoms with van der Waals surface area (Å²) in [5, 5.41) is 8.44. The van der Waals surface area contributed by atoms with Gasteiger partial charge in [0.05, 0.1) is 17.7 Å². The zero-order chi connectivity index (χ0) is 16.9. The molecule has 1 heterocycles. The van der Waals surface area contributed by atoms with E-state index in [9.17, 15) is 14.0 Å². The highest BCUT2D eigenvalue weighted by Crippen LogP contribution is 2.31. The van der Waals surface area contributed by atoms with Crippen molar-refractivity contribution in [3.8, 4) is 0 Å². The van der Waals surface area contributed by atoms with Crippen molar-refractivity contribution in [3.63, 3.8) is 0 Å². The molecule has 0 aliphatic carbocycles. The summed E-state index contributed by atoms with van der Waals surface area (Å²) < 4.78 is 18.9. The van der Waals surface area contributed by atoms with Gasteiger partial charge < -0.3 is 20.7 Å². The Hall–Kier alpha value is -1.99. The molecule has 0 unspecified atom stereocenters. The van der Waals surface area contributed by atoms with E-state index in [-0.39, 0.29) is 17.5 Å². The molecule has 2 rings (SSSR count). The monoisotopic (exact) mass is 323 g/mol. The van der Waals surface area contributed by atoms with Crippen molar-refractivity contribution < 1.29 is 18.7 Å². The first kappa shape index (κ1) is 17.4. The van der Waals surface area contributed by atoms with Crippen LogP contribution in [0.2, 0.25) is 0 Å². The highest BCUT2D eigenvalue weighted by Gasteiger charge is 2.39. The maximum atomic E-state index is 13.7. The lowest BCUT2D eigenvalue weighted by molar-refractivity contribution is -0.130. The first-order chi connectivity index (χ1) is 11.0. The molecule has 1 aliphatic heterocycles. The second-order valence-electron chi connectivity index (χ2n) is 5.79. The number of anilines is 2. The Bertz CT molecular complexity index is 580. The largest absolute Gasteiger partial charge is 0.384 e. The third kappa shape index (κ3) is 4.27. The third-order valence-electron chi connectivity index (χ3n) is 4.00. The van der Waals surface area contributed by atoms with E-state index >= 15 is 0 Å². The number of piperidine rings is 1. The summed E-state index contributed by atoms with van der Waals surface area (Å²) in [6.07, 6.45) is 1.35. The van der Waals surface area contributed by atoms with Gasteiger partial charge in [-0.3, -0.25) is 9.59 Å². The molecule has 0 atom stereocenters. The Morgan fingerprint density at radius 2 is 2.00 bits per heavy atom. The Labute approximate surface area is 134 Å². The molecule has 0 bridgehead atoms. The second kappa shape index (κ2) is 7.52. The van der Waals surface area contributed by atoms with Crippen LogP contribution in [0.1, 0.15) is 19.8 Å². The van der Waals surface area contributed by atoms with E-state index in [0.29, 0.717) is 25.1 Å². The summed E-state index contributed by atoms with van der Waals surface area (Å²) in [4.78, 5) is 23.8. The number of halogens is 1. The van der Waals surface area contributed by atoms with Crippen LogP contribution in [0, 0.1) is 11.2 Å². The lowest BCUT2D eigenvalue weighted by atomic mass is 9.78.